The zero-order valence-corrected chi connectivity index (χ0v) is 13.3. The van der Waals surface area contributed by atoms with Crippen LogP contribution in [0.25, 0.3) is 10.9 Å². The Kier molecular flexibility index (Phi) is 4.32. The molecule has 2 nitrogen and oxygen atoms in total. The number of aryl methyl sites for hydroxylation is 1. The Balaban J connectivity index is 1.86. The van der Waals surface area contributed by atoms with Crippen molar-refractivity contribution < 1.29 is 0 Å². The maximum Gasteiger partial charge on any atom is 0.0705 e. The zero-order valence-electron chi connectivity index (χ0n) is 12.5. The molecule has 2 heterocycles. The van der Waals surface area contributed by atoms with Crippen LogP contribution in [0.15, 0.2) is 48.5 Å². The van der Waals surface area contributed by atoms with Crippen LogP contribution in [0.1, 0.15) is 28.4 Å². The highest BCUT2D eigenvalue weighted by Gasteiger charge is 2.14. The quantitative estimate of drug-likeness (QED) is 0.750. The van der Waals surface area contributed by atoms with Gasteiger partial charge >= 0.3 is 0 Å². The number of benzene rings is 1. The third kappa shape index (κ3) is 3.31. The van der Waals surface area contributed by atoms with Crippen molar-refractivity contribution in [3.63, 3.8) is 0 Å². The summed E-state index contributed by atoms with van der Waals surface area (Å²) < 4.78 is 0. The van der Waals surface area contributed by atoms with Gasteiger partial charge in [0.2, 0.25) is 0 Å². The Hall–Kier alpha value is -1.71. The third-order valence-corrected chi connectivity index (χ3v) is 4.74. The van der Waals surface area contributed by atoms with Crippen LogP contribution < -0.4 is 5.32 Å². The first kappa shape index (κ1) is 14.2. The number of aromatic nitrogens is 1. The first-order chi connectivity index (χ1) is 10.3. The van der Waals surface area contributed by atoms with E-state index in [4.69, 9.17) is 4.98 Å². The number of fused-ring (bicyclic) bond motifs is 1. The minimum absolute atomic E-state index is 0.349. The lowest BCUT2D eigenvalue weighted by Crippen LogP contribution is -2.22. The summed E-state index contributed by atoms with van der Waals surface area (Å²) in [6.45, 7) is 5.28. The summed E-state index contributed by atoms with van der Waals surface area (Å²) in [5, 5.41) is 4.78. The monoisotopic (exact) mass is 296 g/mol. The predicted octanol–water partition coefficient (Wildman–Crippen LogP) is 4.50. The predicted molar refractivity (Wildman–Crippen MR) is 90.9 cm³/mol. The average molecular weight is 296 g/mol. The van der Waals surface area contributed by atoms with E-state index in [1.54, 1.807) is 0 Å². The van der Waals surface area contributed by atoms with Crippen LogP contribution in [-0.2, 0) is 6.42 Å². The van der Waals surface area contributed by atoms with Gasteiger partial charge in [0.1, 0.15) is 0 Å². The number of hydrogen-bond donors (Lipinski definition) is 1. The van der Waals surface area contributed by atoms with Gasteiger partial charge in [-0.2, -0.15) is 0 Å². The molecule has 1 aromatic carbocycles. The van der Waals surface area contributed by atoms with Crippen LogP contribution in [0.2, 0.25) is 0 Å². The molecule has 0 radical (unpaired) electrons. The maximum atomic E-state index is 4.79. The van der Waals surface area contributed by atoms with Crippen molar-refractivity contribution >= 4 is 22.2 Å². The molecule has 0 aliphatic carbocycles. The molecule has 0 spiro atoms. The van der Waals surface area contributed by atoms with Gasteiger partial charge in [0.15, 0.2) is 0 Å². The minimum atomic E-state index is 0.349. The van der Waals surface area contributed by atoms with Crippen molar-refractivity contribution in [1.29, 1.82) is 0 Å². The minimum Gasteiger partial charge on any atom is -0.309 e. The van der Waals surface area contributed by atoms with Gasteiger partial charge in [-0.05, 0) is 37.7 Å². The van der Waals surface area contributed by atoms with Gasteiger partial charge in [-0.25, -0.2) is 0 Å². The molecule has 21 heavy (non-hydrogen) atoms. The summed E-state index contributed by atoms with van der Waals surface area (Å²) in [4.78, 5) is 7.55. The lowest BCUT2D eigenvalue weighted by atomic mass is 10.1. The van der Waals surface area contributed by atoms with Crippen LogP contribution in [0, 0.1) is 6.92 Å². The van der Waals surface area contributed by atoms with E-state index in [9.17, 15) is 0 Å². The van der Waals surface area contributed by atoms with Gasteiger partial charge in [-0.15, -0.1) is 11.3 Å². The second kappa shape index (κ2) is 6.37. The number of rotatable bonds is 5. The van der Waals surface area contributed by atoms with E-state index in [2.05, 4.69) is 61.6 Å². The number of nitrogens with zero attached hydrogens (tertiary/aromatic N) is 1. The third-order valence-electron chi connectivity index (χ3n) is 3.62. The molecule has 108 valence electrons. The summed E-state index contributed by atoms with van der Waals surface area (Å²) in [5.74, 6) is 0. The van der Waals surface area contributed by atoms with Gasteiger partial charge in [0, 0.05) is 33.3 Å². The highest BCUT2D eigenvalue weighted by atomic mass is 32.1. The Morgan fingerprint density at radius 3 is 2.71 bits per heavy atom. The molecule has 0 bridgehead atoms. The average Bonchev–Trinajstić information content (AvgIpc) is 2.93. The molecular formula is C18H20N2S. The van der Waals surface area contributed by atoms with Gasteiger partial charge in [0.25, 0.3) is 0 Å². The van der Waals surface area contributed by atoms with Crippen LogP contribution in [0.5, 0.6) is 0 Å². The molecule has 1 unspecified atom stereocenters. The van der Waals surface area contributed by atoms with E-state index in [1.165, 1.54) is 15.1 Å². The number of hydrogen-bond acceptors (Lipinski definition) is 3. The molecule has 0 fully saturated rings. The molecule has 3 aromatic rings. The summed E-state index contributed by atoms with van der Waals surface area (Å²) in [5.41, 5.74) is 2.22. The first-order valence-electron chi connectivity index (χ1n) is 7.40. The highest BCUT2D eigenvalue weighted by molar-refractivity contribution is 7.12. The molecular weight excluding hydrogens is 276 g/mol. The molecule has 1 atom stereocenters. The van der Waals surface area contributed by atoms with Crippen LogP contribution in [0.4, 0.5) is 0 Å². The Bertz CT molecular complexity index is 733. The smallest absolute Gasteiger partial charge is 0.0705 e. The molecule has 0 aliphatic rings. The lowest BCUT2D eigenvalue weighted by Gasteiger charge is -2.16. The highest BCUT2D eigenvalue weighted by Crippen LogP contribution is 2.26. The standard InChI is InChI=1S/C18H20N2S/c1-3-19-17(18-11-8-13(2)21-18)12-15-10-9-14-6-4-5-7-16(14)20-15/h4-11,17,19H,3,12H2,1-2H3. The fourth-order valence-electron chi connectivity index (χ4n) is 2.59. The zero-order chi connectivity index (χ0) is 14.7. The number of nitrogens with one attached hydrogen (secondary N) is 1. The van der Waals surface area contributed by atoms with Gasteiger partial charge in [-0.1, -0.05) is 31.2 Å². The molecule has 0 amide bonds. The summed E-state index contributed by atoms with van der Waals surface area (Å²) in [6, 6.07) is 17.4. The number of thiophene rings is 1. The maximum absolute atomic E-state index is 4.79. The topological polar surface area (TPSA) is 24.9 Å². The van der Waals surface area contributed by atoms with Crippen molar-refractivity contribution in [3.05, 3.63) is 64.0 Å². The molecule has 3 heteroatoms. The second-order valence-electron chi connectivity index (χ2n) is 5.26. The van der Waals surface area contributed by atoms with Crippen LogP contribution in [0.3, 0.4) is 0 Å². The van der Waals surface area contributed by atoms with Crippen molar-refractivity contribution in [1.82, 2.24) is 10.3 Å². The van der Waals surface area contributed by atoms with E-state index in [0.29, 0.717) is 6.04 Å². The Morgan fingerprint density at radius 2 is 1.95 bits per heavy atom. The SMILES string of the molecule is CCNC(Cc1ccc2ccccc2n1)c1ccc(C)s1. The summed E-state index contributed by atoms with van der Waals surface area (Å²) in [7, 11) is 0. The van der Waals surface area contributed by atoms with Crippen molar-refractivity contribution in [2.24, 2.45) is 0 Å². The van der Waals surface area contributed by atoms with Gasteiger partial charge in [0.05, 0.1) is 5.52 Å². The number of likely N-dealkylation sites (N-methyl/N-ethyl adjacent to an activating group) is 1. The van der Waals surface area contributed by atoms with Crippen LogP contribution in [-0.4, -0.2) is 11.5 Å². The summed E-state index contributed by atoms with van der Waals surface area (Å²) >= 11 is 1.87. The second-order valence-corrected chi connectivity index (χ2v) is 6.58. The summed E-state index contributed by atoms with van der Waals surface area (Å²) in [6.07, 6.45) is 0.929. The molecule has 2 aromatic heterocycles. The van der Waals surface area contributed by atoms with Crippen LogP contribution >= 0.6 is 11.3 Å². The normalized spacial score (nSPS) is 12.7. The number of pyridine rings is 1. The Morgan fingerprint density at radius 1 is 1.10 bits per heavy atom. The molecule has 1 N–H and O–H groups in total. The van der Waals surface area contributed by atoms with Crippen molar-refractivity contribution in [3.8, 4) is 0 Å². The van der Waals surface area contributed by atoms with E-state index >= 15 is 0 Å². The fraction of sp³-hybridized carbons (Fsp3) is 0.278. The van der Waals surface area contributed by atoms with E-state index < -0.39 is 0 Å². The van der Waals surface area contributed by atoms with E-state index in [1.807, 2.05) is 17.4 Å². The molecule has 3 rings (SSSR count). The van der Waals surface area contributed by atoms with E-state index in [-0.39, 0.29) is 0 Å². The lowest BCUT2D eigenvalue weighted by molar-refractivity contribution is 0.553. The molecule has 0 saturated heterocycles. The van der Waals surface area contributed by atoms with Gasteiger partial charge in [-0.3, -0.25) is 4.98 Å². The number of para-hydroxylation sites is 1. The largest absolute Gasteiger partial charge is 0.309 e. The van der Waals surface area contributed by atoms with Crippen molar-refractivity contribution in [2.45, 2.75) is 26.3 Å². The Labute approximate surface area is 129 Å². The molecule has 0 saturated carbocycles. The van der Waals surface area contributed by atoms with Crippen molar-refractivity contribution in [2.75, 3.05) is 6.54 Å². The fourth-order valence-corrected chi connectivity index (χ4v) is 3.54. The van der Waals surface area contributed by atoms with E-state index in [0.717, 1.165) is 24.2 Å². The van der Waals surface area contributed by atoms with Gasteiger partial charge < -0.3 is 5.32 Å². The molecule has 0 aliphatic heterocycles. The first-order valence-corrected chi connectivity index (χ1v) is 8.22.